The molecule has 0 bridgehead atoms. The summed E-state index contributed by atoms with van der Waals surface area (Å²) in [5.74, 6) is 0. The first-order valence-corrected chi connectivity index (χ1v) is 3.97. The van der Waals surface area contributed by atoms with Crippen molar-refractivity contribution in [3.63, 3.8) is 0 Å². The summed E-state index contributed by atoms with van der Waals surface area (Å²) in [5, 5.41) is 0. The molecule has 0 unspecified atom stereocenters. The van der Waals surface area contributed by atoms with E-state index in [0.29, 0.717) is 11.3 Å². The molecule has 0 aliphatic rings. The van der Waals surface area contributed by atoms with Crippen LogP contribution in [-0.4, -0.2) is 12.1 Å². The first kappa shape index (κ1) is 11.0. The molecule has 1 heterocycles. The molecular weight excluding hydrogens is 195 g/mol. The maximum Gasteiger partial charge on any atom is 0.433 e. The van der Waals surface area contributed by atoms with E-state index in [1.165, 1.54) is 14.0 Å². The SMILES string of the molecule is COCc1cc(C)nc(C(F)(F)F)c1. The zero-order valence-electron chi connectivity index (χ0n) is 7.85. The molecule has 0 aliphatic heterocycles. The van der Waals surface area contributed by atoms with E-state index in [-0.39, 0.29) is 6.61 Å². The van der Waals surface area contributed by atoms with E-state index in [1.54, 1.807) is 6.07 Å². The second-order valence-corrected chi connectivity index (χ2v) is 2.93. The van der Waals surface area contributed by atoms with Crippen LogP contribution in [0.3, 0.4) is 0 Å². The fourth-order valence-electron chi connectivity index (χ4n) is 1.14. The van der Waals surface area contributed by atoms with Gasteiger partial charge in [-0.25, -0.2) is 4.98 Å². The highest BCUT2D eigenvalue weighted by Gasteiger charge is 2.32. The summed E-state index contributed by atoms with van der Waals surface area (Å²) >= 11 is 0. The summed E-state index contributed by atoms with van der Waals surface area (Å²) in [7, 11) is 1.43. The first-order chi connectivity index (χ1) is 6.43. The molecule has 0 N–H and O–H groups in total. The van der Waals surface area contributed by atoms with Gasteiger partial charge in [-0.15, -0.1) is 0 Å². The summed E-state index contributed by atoms with van der Waals surface area (Å²) in [5.41, 5.74) is -0.0521. The average Bonchev–Trinajstić information content (AvgIpc) is 2.02. The molecule has 0 radical (unpaired) electrons. The number of methoxy groups -OCH3 is 1. The maximum absolute atomic E-state index is 12.3. The number of nitrogens with zero attached hydrogens (tertiary/aromatic N) is 1. The van der Waals surface area contributed by atoms with Gasteiger partial charge in [-0.3, -0.25) is 0 Å². The third-order valence-corrected chi connectivity index (χ3v) is 1.61. The molecule has 0 amide bonds. The van der Waals surface area contributed by atoms with E-state index in [4.69, 9.17) is 4.74 Å². The Morgan fingerprint density at radius 1 is 1.36 bits per heavy atom. The van der Waals surface area contributed by atoms with Gasteiger partial charge in [-0.1, -0.05) is 0 Å². The molecule has 1 rings (SSSR count). The normalized spacial score (nSPS) is 11.8. The van der Waals surface area contributed by atoms with Gasteiger partial charge in [0.05, 0.1) is 6.61 Å². The number of rotatable bonds is 2. The molecule has 0 aromatic carbocycles. The predicted molar refractivity (Wildman–Crippen MR) is 44.7 cm³/mol. The molecule has 0 saturated heterocycles. The number of pyridine rings is 1. The maximum atomic E-state index is 12.3. The van der Waals surface area contributed by atoms with Gasteiger partial charge in [0.2, 0.25) is 0 Å². The summed E-state index contributed by atoms with van der Waals surface area (Å²) in [4.78, 5) is 3.41. The summed E-state index contributed by atoms with van der Waals surface area (Å²) < 4.78 is 41.6. The molecule has 2 nitrogen and oxygen atoms in total. The van der Waals surface area contributed by atoms with E-state index in [9.17, 15) is 13.2 Å². The van der Waals surface area contributed by atoms with Gasteiger partial charge >= 0.3 is 6.18 Å². The van der Waals surface area contributed by atoms with E-state index in [1.807, 2.05) is 0 Å². The number of alkyl halides is 3. The van der Waals surface area contributed by atoms with Gasteiger partial charge in [0.25, 0.3) is 0 Å². The zero-order chi connectivity index (χ0) is 10.8. The number of aromatic nitrogens is 1. The monoisotopic (exact) mass is 205 g/mol. The Bertz CT molecular complexity index is 322. The van der Waals surface area contributed by atoms with Crippen LogP contribution in [0.4, 0.5) is 13.2 Å². The lowest BCUT2D eigenvalue weighted by Crippen LogP contribution is -2.09. The Labute approximate surface area is 79.7 Å². The van der Waals surface area contributed by atoms with Crippen LogP contribution in [0.15, 0.2) is 12.1 Å². The van der Waals surface area contributed by atoms with E-state index in [2.05, 4.69) is 4.98 Å². The molecule has 0 aliphatic carbocycles. The summed E-state index contributed by atoms with van der Waals surface area (Å²) in [6, 6.07) is 2.56. The second kappa shape index (κ2) is 3.96. The van der Waals surface area contributed by atoms with E-state index >= 15 is 0 Å². The van der Waals surface area contributed by atoms with Crippen LogP contribution in [0.1, 0.15) is 17.0 Å². The zero-order valence-corrected chi connectivity index (χ0v) is 7.85. The number of halogens is 3. The lowest BCUT2D eigenvalue weighted by molar-refractivity contribution is -0.141. The van der Waals surface area contributed by atoms with E-state index in [0.717, 1.165) is 6.07 Å². The third-order valence-electron chi connectivity index (χ3n) is 1.61. The smallest absolute Gasteiger partial charge is 0.380 e. The van der Waals surface area contributed by atoms with Crippen molar-refractivity contribution in [2.45, 2.75) is 19.7 Å². The minimum absolute atomic E-state index is 0.159. The molecule has 0 fully saturated rings. The van der Waals surface area contributed by atoms with Crippen LogP contribution in [0, 0.1) is 6.92 Å². The van der Waals surface area contributed by atoms with Crippen LogP contribution in [0.2, 0.25) is 0 Å². The molecule has 5 heteroatoms. The average molecular weight is 205 g/mol. The van der Waals surface area contributed by atoms with Crippen molar-refractivity contribution >= 4 is 0 Å². The second-order valence-electron chi connectivity index (χ2n) is 2.93. The first-order valence-electron chi connectivity index (χ1n) is 3.97. The van der Waals surface area contributed by atoms with E-state index < -0.39 is 11.9 Å². The van der Waals surface area contributed by atoms with Gasteiger partial charge in [0.1, 0.15) is 5.69 Å². The fourth-order valence-corrected chi connectivity index (χ4v) is 1.14. The van der Waals surface area contributed by atoms with Gasteiger partial charge < -0.3 is 4.74 Å². The summed E-state index contributed by atoms with van der Waals surface area (Å²) in [6.45, 7) is 1.68. The molecule has 0 spiro atoms. The lowest BCUT2D eigenvalue weighted by atomic mass is 10.2. The van der Waals surface area contributed by atoms with Crippen molar-refractivity contribution in [2.24, 2.45) is 0 Å². The molecular formula is C9H10F3NO. The number of aryl methyl sites for hydroxylation is 1. The third kappa shape index (κ3) is 2.70. The van der Waals surface area contributed by atoms with Crippen molar-refractivity contribution < 1.29 is 17.9 Å². The van der Waals surface area contributed by atoms with Crippen molar-refractivity contribution in [2.75, 3.05) is 7.11 Å². The van der Waals surface area contributed by atoms with Crippen LogP contribution in [0.5, 0.6) is 0 Å². The van der Waals surface area contributed by atoms with Crippen molar-refractivity contribution in [1.29, 1.82) is 0 Å². The highest BCUT2D eigenvalue weighted by molar-refractivity contribution is 5.22. The quantitative estimate of drug-likeness (QED) is 0.740. The van der Waals surface area contributed by atoms with Crippen LogP contribution < -0.4 is 0 Å². The Balaban J connectivity index is 3.07. The van der Waals surface area contributed by atoms with Crippen LogP contribution in [-0.2, 0) is 17.5 Å². The van der Waals surface area contributed by atoms with Crippen LogP contribution in [0.25, 0.3) is 0 Å². The van der Waals surface area contributed by atoms with Gasteiger partial charge in [0.15, 0.2) is 0 Å². The highest BCUT2D eigenvalue weighted by Crippen LogP contribution is 2.28. The highest BCUT2D eigenvalue weighted by atomic mass is 19.4. The Morgan fingerprint density at radius 3 is 2.50 bits per heavy atom. The lowest BCUT2D eigenvalue weighted by Gasteiger charge is -2.08. The summed E-state index contributed by atoms with van der Waals surface area (Å²) in [6.07, 6.45) is -4.39. The minimum Gasteiger partial charge on any atom is -0.380 e. The number of hydrogen-bond donors (Lipinski definition) is 0. The van der Waals surface area contributed by atoms with Crippen LogP contribution >= 0.6 is 0 Å². The minimum atomic E-state index is -4.39. The van der Waals surface area contributed by atoms with Crippen molar-refractivity contribution in [1.82, 2.24) is 4.98 Å². The fraction of sp³-hybridized carbons (Fsp3) is 0.444. The topological polar surface area (TPSA) is 22.1 Å². The van der Waals surface area contributed by atoms with Crippen molar-refractivity contribution in [3.8, 4) is 0 Å². The van der Waals surface area contributed by atoms with Gasteiger partial charge in [-0.05, 0) is 24.6 Å². The number of hydrogen-bond acceptors (Lipinski definition) is 2. The number of ether oxygens (including phenoxy) is 1. The molecule has 78 valence electrons. The molecule has 1 aromatic heterocycles. The molecule has 0 saturated carbocycles. The van der Waals surface area contributed by atoms with Gasteiger partial charge in [0, 0.05) is 12.8 Å². The Kier molecular flexibility index (Phi) is 3.10. The van der Waals surface area contributed by atoms with Crippen molar-refractivity contribution in [3.05, 3.63) is 29.1 Å². The predicted octanol–water partition coefficient (Wildman–Crippen LogP) is 2.56. The Morgan fingerprint density at radius 2 is 2.00 bits per heavy atom. The standard InChI is InChI=1S/C9H10F3NO/c1-6-3-7(5-14-2)4-8(13-6)9(10,11)12/h3-4H,5H2,1-2H3. The molecule has 14 heavy (non-hydrogen) atoms. The Hall–Kier alpha value is -1.10. The largest absolute Gasteiger partial charge is 0.433 e. The molecule has 0 atom stereocenters. The molecule has 1 aromatic rings. The van der Waals surface area contributed by atoms with Gasteiger partial charge in [-0.2, -0.15) is 13.2 Å².